The number of hydrogen-bond donors (Lipinski definition) is 4. The average molecular weight is 654 g/mol. The Morgan fingerprint density at radius 3 is 2.07 bits per heavy atom. The lowest BCUT2D eigenvalue weighted by atomic mass is 9.84. The van der Waals surface area contributed by atoms with Gasteiger partial charge < -0.3 is 30.6 Å². The Balaban J connectivity index is 0. The third-order valence-electron chi connectivity index (χ3n) is 7.75. The molecule has 4 atom stereocenters. The van der Waals surface area contributed by atoms with Crippen LogP contribution in [0, 0.1) is 11.3 Å². The quantitative estimate of drug-likeness (QED) is 0.170. The molecule has 0 saturated carbocycles. The highest BCUT2D eigenvalue weighted by atomic mass is 16.3. The van der Waals surface area contributed by atoms with Gasteiger partial charge in [-0.05, 0) is 51.5 Å². The minimum Gasteiger partial charge on any atom is -0.394 e. The van der Waals surface area contributed by atoms with Crippen molar-refractivity contribution in [2.24, 2.45) is 11.3 Å². The number of likely N-dealkylation sites (tertiary alicyclic amines) is 2. The third kappa shape index (κ3) is 18.0. The highest BCUT2D eigenvalue weighted by Gasteiger charge is 2.35. The summed E-state index contributed by atoms with van der Waals surface area (Å²) in [4.78, 5) is 41.8. The maximum absolute atomic E-state index is 13.3. The molecule has 0 aromatic rings. The number of likely N-dealkylation sites (N-methyl/N-ethyl adjacent to an activating group) is 1. The summed E-state index contributed by atoms with van der Waals surface area (Å²) in [7, 11) is 2.01. The van der Waals surface area contributed by atoms with E-state index in [0.717, 1.165) is 57.4 Å². The molecule has 10 heteroatoms. The molecule has 2 saturated heterocycles. The lowest BCUT2D eigenvalue weighted by Crippen LogP contribution is -2.57. The van der Waals surface area contributed by atoms with E-state index in [9.17, 15) is 14.4 Å². The number of amides is 3. The molecular formula is C36H71N5O5. The molecule has 3 amide bonds. The first-order valence-corrected chi connectivity index (χ1v) is 17.5. The Hall–Kier alpha value is -2.43. The van der Waals surface area contributed by atoms with Crippen LogP contribution < -0.4 is 10.6 Å². The van der Waals surface area contributed by atoms with Crippen LogP contribution in [0.3, 0.4) is 0 Å². The molecule has 4 N–H and O–H groups in total. The zero-order valence-corrected chi connectivity index (χ0v) is 31.3. The number of aliphatic hydroxyl groups excluding tert-OH is 2. The number of hydrogen-bond acceptors (Lipinski definition) is 7. The van der Waals surface area contributed by atoms with E-state index in [2.05, 4.69) is 75.5 Å². The van der Waals surface area contributed by atoms with Crippen molar-refractivity contribution >= 4 is 18.2 Å². The zero-order valence-electron chi connectivity index (χ0n) is 31.3. The second-order valence-corrected chi connectivity index (χ2v) is 13.3. The normalized spacial score (nSPS) is 18.5. The van der Waals surface area contributed by atoms with Crippen LogP contribution in [-0.2, 0) is 14.4 Å². The van der Waals surface area contributed by atoms with E-state index in [-0.39, 0.29) is 48.4 Å². The van der Waals surface area contributed by atoms with Crippen molar-refractivity contribution in [1.82, 2.24) is 25.3 Å². The van der Waals surface area contributed by atoms with Gasteiger partial charge in [0.25, 0.3) is 0 Å². The van der Waals surface area contributed by atoms with E-state index in [1.165, 1.54) is 6.42 Å². The number of rotatable bonds is 13. The Morgan fingerprint density at radius 2 is 1.59 bits per heavy atom. The van der Waals surface area contributed by atoms with Crippen molar-refractivity contribution in [3.05, 3.63) is 24.4 Å². The lowest BCUT2D eigenvalue weighted by molar-refractivity contribution is -0.132. The smallest absolute Gasteiger partial charge is 0.237 e. The molecule has 0 spiro atoms. The summed E-state index contributed by atoms with van der Waals surface area (Å²) in [6.07, 6.45) is 10.3. The number of piperidine rings is 1. The Morgan fingerprint density at radius 1 is 1.04 bits per heavy atom. The molecular weight excluding hydrogens is 582 g/mol. The van der Waals surface area contributed by atoms with Gasteiger partial charge in [0.2, 0.25) is 18.2 Å². The van der Waals surface area contributed by atoms with Crippen molar-refractivity contribution in [2.45, 2.75) is 132 Å². The van der Waals surface area contributed by atoms with Crippen LogP contribution in [0.2, 0.25) is 0 Å². The van der Waals surface area contributed by atoms with Crippen LogP contribution in [-0.4, -0.2) is 114 Å². The van der Waals surface area contributed by atoms with Gasteiger partial charge in [-0.2, -0.15) is 0 Å². The predicted octanol–water partition coefficient (Wildman–Crippen LogP) is 4.57. The van der Waals surface area contributed by atoms with Gasteiger partial charge in [0, 0.05) is 45.0 Å². The molecule has 2 aliphatic heterocycles. The summed E-state index contributed by atoms with van der Waals surface area (Å²) in [5.74, 6) is 0.210. The first-order valence-electron chi connectivity index (χ1n) is 17.5. The monoisotopic (exact) mass is 654 g/mol. The molecule has 0 aliphatic carbocycles. The van der Waals surface area contributed by atoms with Crippen molar-refractivity contribution in [2.75, 3.05) is 46.4 Å². The van der Waals surface area contributed by atoms with Crippen LogP contribution in [0.15, 0.2) is 24.4 Å². The van der Waals surface area contributed by atoms with Crippen LogP contribution in [0.1, 0.15) is 108 Å². The number of carbonyl (C=O) groups is 3. The topological polar surface area (TPSA) is 125 Å². The average Bonchev–Trinajstić information content (AvgIpc) is 3.57. The summed E-state index contributed by atoms with van der Waals surface area (Å²) < 4.78 is 0. The van der Waals surface area contributed by atoms with Gasteiger partial charge in [0.15, 0.2) is 0 Å². The highest BCUT2D eigenvalue weighted by Crippen LogP contribution is 2.27. The number of aliphatic hydroxyl groups is 2. The zero-order chi connectivity index (χ0) is 35.9. The maximum Gasteiger partial charge on any atom is 0.237 e. The maximum atomic E-state index is 13.3. The van der Waals surface area contributed by atoms with Gasteiger partial charge in [-0.3, -0.25) is 19.3 Å². The fourth-order valence-electron chi connectivity index (χ4n) is 5.21. The first kappa shape index (κ1) is 45.7. The summed E-state index contributed by atoms with van der Waals surface area (Å²) in [6.45, 7) is 28.5. The molecule has 2 aliphatic rings. The van der Waals surface area contributed by atoms with E-state index >= 15 is 0 Å². The van der Waals surface area contributed by atoms with Gasteiger partial charge >= 0.3 is 0 Å². The molecule has 270 valence electrons. The predicted molar refractivity (Wildman–Crippen MR) is 191 cm³/mol. The molecule has 0 radical (unpaired) electrons. The van der Waals surface area contributed by atoms with Crippen molar-refractivity contribution in [3.63, 3.8) is 0 Å². The van der Waals surface area contributed by atoms with Crippen LogP contribution in [0.25, 0.3) is 0 Å². The molecule has 0 bridgehead atoms. The van der Waals surface area contributed by atoms with Crippen molar-refractivity contribution < 1.29 is 24.6 Å². The molecule has 4 unspecified atom stereocenters. The second-order valence-electron chi connectivity index (χ2n) is 13.3. The largest absolute Gasteiger partial charge is 0.394 e. The summed E-state index contributed by atoms with van der Waals surface area (Å²) in [5, 5.41) is 22.2. The fraction of sp³-hybridized carbons (Fsp3) is 0.806. The van der Waals surface area contributed by atoms with Crippen LogP contribution >= 0.6 is 0 Å². The highest BCUT2D eigenvalue weighted by molar-refractivity contribution is 5.82. The Bertz CT molecular complexity index is 867. The van der Waals surface area contributed by atoms with Crippen LogP contribution in [0.4, 0.5) is 0 Å². The molecule has 0 aromatic carbocycles. The third-order valence-corrected chi connectivity index (χ3v) is 7.75. The Labute approximate surface area is 282 Å². The minimum absolute atomic E-state index is 0.0703. The van der Waals surface area contributed by atoms with E-state index in [0.29, 0.717) is 19.0 Å². The SMILES string of the molecule is C=C(C(NC(=O)C1CCCCN1C(C)C)C(C)(C)C)N(C)CC=CC(C)C(=O)N1CCCC1.CC.CCC.O=CNCC(O)CO. The van der Waals surface area contributed by atoms with E-state index in [4.69, 9.17) is 10.2 Å². The lowest BCUT2D eigenvalue weighted by Gasteiger charge is -2.41. The molecule has 10 nitrogen and oxygen atoms in total. The number of nitrogens with zero attached hydrogens (tertiary/aromatic N) is 3. The summed E-state index contributed by atoms with van der Waals surface area (Å²) >= 11 is 0. The summed E-state index contributed by atoms with van der Waals surface area (Å²) in [5.41, 5.74) is 0.729. The standard InChI is InChI=1S/C27H48N4O2.C4H9NO3.C3H8.C2H6/c1-20(2)31-19-10-9-15-23(31)25(32)28-24(27(5,6)7)22(4)29(8)16-13-14-21(3)26(33)30-17-11-12-18-30;6-2-4(8)1-5-3-7;1-3-2;1-2/h13-14,20-21,23-24H,4,9-12,15-19H2,1-3,5-8H3,(H,28,32);3-4,6,8H,1-2H2,(H,5,7);3H2,1-2H3;1-2H3. The number of carbonyl (C=O) groups excluding carboxylic acids is 3. The van der Waals surface area contributed by atoms with Crippen LogP contribution in [0.5, 0.6) is 0 Å². The summed E-state index contributed by atoms with van der Waals surface area (Å²) in [6, 6.07) is 0.123. The van der Waals surface area contributed by atoms with Gasteiger partial charge in [0.1, 0.15) is 0 Å². The van der Waals surface area contributed by atoms with E-state index < -0.39 is 6.10 Å². The first-order chi connectivity index (χ1) is 21.7. The molecule has 46 heavy (non-hydrogen) atoms. The number of nitrogens with one attached hydrogen (secondary N) is 2. The van der Waals surface area contributed by atoms with Gasteiger partial charge in [-0.15, -0.1) is 0 Å². The molecule has 2 fully saturated rings. The fourth-order valence-corrected chi connectivity index (χ4v) is 5.21. The van der Waals surface area contributed by atoms with E-state index in [1.54, 1.807) is 0 Å². The van der Waals surface area contributed by atoms with Gasteiger partial charge in [-0.25, -0.2) is 0 Å². The van der Waals surface area contributed by atoms with Crippen molar-refractivity contribution in [1.29, 1.82) is 0 Å². The second kappa shape index (κ2) is 25.6. The van der Waals surface area contributed by atoms with Gasteiger partial charge in [0.05, 0.1) is 30.7 Å². The minimum atomic E-state index is -0.833. The molecule has 2 rings (SSSR count). The van der Waals surface area contributed by atoms with Crippen molar-refractivity contribution in [3.8, 4) is 0 Å². The molecule has 2 heterocycles. The van der Waals surface area contributed by atoms with E-state index in [1.807, 2.05) is 44.9 Å². The van der Waals surface area contributed by atoms with Gasteiger partial charge in [-0.1, -0.05) is 87.0 Å². The molecule has 0 aromatic heterocycles. The Kier molecular flexibility index (Phi) is 25.5.